The van der Waals surface area contributed by atoms with Crippen molar-refractivity contribution in [1.82, 2.24) is 4.90 Å². The molecule has 0 bridgehead atoms. The van der Waals surface area contributed by atoms with E-state index in [-0.39, 0.29) is 12.2 Å². The van der Waals surface area contributed by atoms with Gasteiger partial charge >= 0.3 is 0 Å². The van der Waals surface area contributed by atoms with Gasteiger partial charge in [0.1, 0.15) is 0 Å². The second-order valence-electron chi connectivity index (χ2n) is 3.60. The monoisotopic (exact) mass is 190 g/mol. The molecule has 4 N–H and O–H groups in total. The van der Waals surface area contributed by atoms with E-state index in [0.717, 1.165) is 13.0 Å². The third kappa shape index (κ3) is 8.18. The van der Waals surface area contributed by atoms with Gasteiger partial charge in [-0.05, 0) is 33.4 Å². The van der Waals surface area contributed by atoms with Crippen LogP contribution in [0.25, 0.3) is 0 Å². The molecule has 80 valence electrons. The molecular weight excluding hydrogens is 168 g/mol. The molecule has 4 nitrogen and oxygen atoms in total. The van der Waals surface area contributed by atoms with Gasteiger partial charge in [0.25, 0.3) is 0 Å². The zero-order valence-corrected chi connectivity index (χ0v) is 8.61. The average Bonchev–Trinajstić information content (AvgIpc) is 1.98. The molecule has 2 atom stereocenters. The van der Waals surface area contributed by atoms with Crippen LogP contribution in [0.4, 0.5) is 0 Å². The summed E-state index contributed by atoms with van der Waals surface area (Å²) < 4.78 is 0. The van der Waals surface area contributed by atoms with Crippen molar-refractivity contribution in [3.8, 4) is 0 Å². The molecule has 0 saturated heterocycles. The van der Waals surface area contributed by atoms with Crippen LogP contribution in [-0.2, 0) is 0 Å². The molecule has 2 unspecified atom stereocenters. The molecule has 0 aliphatic carbocycles. The molecule has 0 spiro atoms. The fraction of sp³-hybridized carbons (Fsp3) is 1.00. The Kier molecular flexibility index (Phi) is 7.17. The van der Waals surface area contributed by atoms with Gasteiger partial charge < -0.3 is 15.9 Å². The van der Waals surface area contributed by atoms with Gasteiger partial charge in [-0.1, -0.05) is 0 Å². The largest absolute Gasteiger partial charge is 0.392 e. The van der Waals surface area contributed by atoms with Crippen molar-refractivity contribution in [2.24, 2.45) is 5.73 Å². The Morgan fingerprint density at radius 3 is 1.92 bits per heavy atom. The van der Waals surface area contributed by atoms with Crippen LogP contribution in [0.15, 0.2) is 0 Å². The van der Waals surface area contributed by atoms with E-state index < -0.39 is 0 Å². The number of aliphatic hydroxyl groups is 2. The minimum atomic E-state index is -0.350. The minimum Gasteiger partial charge on any atom is -0.392 e. The highest BCUT2D eigenvalue weighted by atomic mass is 16.3. The summed E-state index contributed by atoms with van der Waals surface area (Å²) in [6.07, 6.45) is 0.201. The lowest BCUT2D eigenvalue weighted by Crippen LogP contribution is -2.37. The van der Waals surface area contributed by atoms with Crippen LogP contribution in [0.2, 0.25) is 0 Å². The van der Waals surface area contributed by atoms with Crippen LogP contribution in [0.1, 0.15) is 20.3 Å². The summed E-state index contributed by atoms with van der Waals surface area (Å²) in [6.45, 7) is 6.19. The Morgan fingerprint density at radius 1 is 1.15 bits per heavy atom. The Morgan fingerprint density at radius 2 is 1.62 bits per heavy atom. The van der Waals surface area contributed by atoms with Crippen LogP contribution >= 0.6 is 0 Å². The molecule has 0 aliphatic heterocycles. The number of nitrogens with zero attached hydrogens (tertiary/aromatic N) is 1. The first-order valence-corrected chi connectivity index (χ1v) is 4.84. The summed E-state index contributed by atoms with van der Waals surface area (Å²) >= 11 is 0. The summed E-state index contributed by atoms with van der Waals surface area (Å²) in [5, 5.41) is 18.4. The lowest BCUT2D eigenvalue weighted by molar-refractivity contribution is 0.0833. The van der Waals surface area contributed by atoms with Gasteiger partial charge in [-0.3, -0.25) is 4.90 Å². The molecule has 4 heteroatoms. The lowest BCUT2D eigenvalue weighted by atomic mass is 10.3. The van der Waals surface area contributed by atoms with Crippen molar-refractivity contribution in [2.45, 2.75) is 32.5 Å². The summed E-state index contributed by atoms with van der Waals surface area (Å²) in [4.78, 5) is 2.03. The Labute approximate surface area is 80.3 Å². The van der Waals surface area contributed by atoms with Crippen LogP contribution in [0.3, 0.4) is 0 Å². The summed E-state index contributed by atoms with van der Waals surface area (Å²) in [5.74, 6) is 0. The van der Waals surface area contributed by atoms with Crippen LogP contribution in [-0.4, -0.2) is 53.5 Å². The van der Waals surface area contributed by atoms with E-state index in [1.54, 1.807) is 13.8 Å². The van der Waals surface area contributed by atoms with Crippen LogP contribution in [0, 0.1) is 0 Å². The zero-order chi connectivity index (χ0) is 10.3. The van der Waals surface area contributed by atoms with Gasteiger partial charge in [-0.25, -0.2) is 0 Å². The SMILES string of the molecule is CC(O)CN(CCCN)CC(C)O. The second kappa shape index (κ2) is 7.26. The second-order valence-corrected chi connectivity index (χ2v) is 3.60. The Hall–Kier alpha value is -0.160. The maximum Gasteiger partial charge on any atom is 0.0639 e. The van der Waals surface area contributed by atoms with Gasteiger partial charge in [0.05, 0.1) is 12.2 Å². The standard InChI is InChI=1S/C9H22N2O2/c1-8(12)6-11(5-3-4-10)7-9(2)13/h8-9,12-13H,3-7,10H2,1-2H3. The van der Waals surface area contributed by atoms with Gasteiger partial charge in [-0.2, -0.15) is 0 Å². The molecule has 0 radical (unpaired) electrons. The number of nitrogens with two attached hydrogens (primary N) is 1. The summed E-state index contributed by atoms with van der Waals surface area (Å²) in [7, 11) is 0. The number of rotatable bonds is 7. The highest BCUT2D eigenvalue weighted by Gasteiger charge is 2.09. The molecular formula is C9H22N2O2. The van der Waals surface area contributed by atoms with Crippen molar-refractivity contribution in [1.29, 1.82) is 0 Å². The van der Waals surface area contributed by atoms with Crippen molar-refractivity contribution in [3.05, 3.63) is 0 Å². The first-order valence-electron chi connectivity index (χ1n) is 4.84. The van der Waals surface area contributed by atoms with E-state index in [9.17, 15) is 10.2 Å². The highest BCUT2D eigenvalue weighted by Crippen LogP contribution is 1.96. The number of hydrogen-bond donors (Lipinski definition) is 3. The third-order valence-electron chi connectivity index (χ3n) is 1.72. The predicted molar refractivity (Wildman–Crippen MR) is 53.5 cm³/mol. The molecule has 0 aromatic heterocycles. The van der Waals surface area contributed by atoms with Crippen molar-refractivity contribution < 1.29 is 10.2 Å². The van der Waals surface area contributed by atoms with E-state index in [0.29, 0.717) is 19.6 Å². The van der Waals surface area contributed by atoms with Crippen molar-refractivity contribution in [3.63, 3.8) is 0 Å². The minimum absolute atomic E-state index is 0.350. The molecule has 0 aliphatic rings. The van der Waals surface area contributed by atoms with E-state index in [1.165, 1.54) is 0 Å². The number of aliphatic hydroxyl groups excluding tert-OH is 2. The third-order valence-corrected chi connectivity index (χ3v) is 1.72. The van der Waals surface area contributed by atoms with E-state index in [2.05, 4.69) is 0 Å². The normalized spacial score (nSPS) is 16.2. The Bertz CT molecular complexity index is 108. The molecule has 13 heavy (non-hydrogen) atoms. The average molecular weight is 190 g/mol. The van der Waals surface area contributed by atoms with E-state index in [1.807, 2.05) is 4.90 Å². The van der Waals surface area contributed by atoms with E-state index in [4.69, 9.17) is 5.73 Å². The molecule has 0 aromatic carbocycles. The predicted octanol–water partition coefficient (Wildman–Crippen LogP) is -0.601. The highest BCUT2D eigenvalue weighted by molar-refractivity contribution is 4.64. The first kappa shape index (κ1) is 12.8. The maximum absolute atomic E-state index is 9.18. The molecule has 0 aromatic rings. The van der Waals surface area contributed by atoms with Crippen molar-refractivity contribution in [2.75, 3.05) is 26.2 Å². The van der Waals surface area contributed by atoms with Crippen LogP contribution in [0.5, 0.6) is 0 Å². The molecule has 0 saturated carbocycles. The Balaban J connectivity index is 3.73. The first-order chi connectivity index (χ1) is 6.06. The molecule has 0 heterocycles. The topological polar surface area (TPSA) is 69.7 Å². The molecule has 0 rings (SSSR count). The molecule has 0 amide bonds. The van der Waals surface area contributed by atoms with Crippen molar-refractivity contribution >= 4 is 0 Å². The fourth-order valence-electron chi connectivity index (χ4n) is 1.32. The smallest absolute Gasteiger partial charge is 0.0639 e. The maximum atomic E-state index is 9.18. The van der Waals surface area contributed by atoms with E-state index >= 15 is 0 Å². The van der Waals surface area contributed by atoms with Gasteiger partial charge in [0.15, 0.2) is 0 Å². The lowest BCUT2D eigenvalue weighted by Gasteiger charge is -2.24. The van der Waals surface area contributed by atoms with Gasteiger partial charge in [-0.15, -0.1) is 0 Å². The summed E-state index contributed by atoms with van der Waals surface area (Å²) in [5.41, 5.74) is 5.39. The summed E-state index contributed by atoms with van der Waals surface area (Å²) in [6, 6.07) is 0. The number of hydrogen-bond acceptors (Lipinski definition) is 4. The quantitative estimate of drug-likeness (QED) is 0.501. The van der Waals surface area contributed by atoms with Crippen LogP contribution < -0.4 is 5.73 Å². The fourth-order valence-corrected chi connectivity index (χ4v) is 1.32. The zero-order valence-electron chi connectivity index (χ0n) is 8.61. The molecule has 0 fully saturated rings. The van der Waals surface area contributed by atoms with Gasteiger partial charge in [0, 0.05) is 13.1 Å². The van der Waals surface area contributed by atoms with Gasteiger partial charge in [0.2, 0.25) is 0 Å².